The second-order valence-corrected chi connectivity index (χ2v) is 13.2. The minimum absolute atomic E-state index is 0.623. The lowest BCUT2D eigenvalue weighted by Gasteiger charge is -2.16. The summed E-state index contributed by atoms with van der Waals surface area (Å²) in [5.41, 5.74) is 12.6. The maximum absolute atomic E-state index is 5.47. The number of para-hydroxylation sites is 1. The van der Waals surface area contributed by atoms with Crippen LogP contribution in [-0.2, 0) is 0 Å². The Morgan fingerprint density at radius 1 is 0.327 bits per heavy atom. The monoisotopic (exact) mass is 666 g/mol. The predicted octanol–water partition coefficient (Wildman–Crippen LogP) is 12.2. The summed E-state index contributed by atoms with van der Waals surface area (Å²) in [4.78, 5) is 20.5. The van der Waals surface area contributed by atoms with Gasteiger partial charge in [-0.1, -0.05) is 175 Å². The van der Waals surface area contributed by atoms with Gasteiger partial charge in [-0.05, 0) is 36.6 Å². The fourth-order valence-corrected chi connectivity index (χ4v) is 6.98. The van der Waals surface area contributed by atoms with Gasteiger partial charge < -0.3 is 0 Å². The third-order valence-corrected chi connectivity index (χ3v) is 9.67. The molecule has 0 radical (unpaired) electrons. The van der Waals surface area contributed by atoms with Gasteiger partial charge in [0.2, 0.25) is 0 Å². The first-order valence-electron chi connectivity index (χ1n) is 17.6. The van der Waals surface area contributed by atoms with Crippen molar-refractivity contribution in [3.8, 4) is 67.7 Å². The van der Waals surface area contributed by atoms with Gasteiger partial charge in [0, 0.05) is 44.0 Å². The number of hydrogen-bond donors (Lipinski definition) is 0. The van der Waals surface area contributed by atoms with Crippen molar-refractivity contribution in [2.24, 2.45) is 0 Å². The van der Waals surface area contributed by atoms with Gasteiger partial charge in [0.15, 0.2) is 17.5 Å². The summed E-state index contributed by atoms with van der Waals surface area (Å²) in [7, 11) is 0. The molecule has 0 saturated carbocycles. The van der Waals surface area contributed by atoms with Crippen LogP contribution in [0.5, 0.6) is 0 Å². The second-order valence-electron chi connectivity index (χ2n) is 13.2. The van der Waals surface area contributed by atoms with Crippen molar-refractivity contribution in [3.05, 3.63) is 181 Å². The first kappa shape index (κ1) is 31.2. The molecule has 0 aliphatic rings. The normalized spacial score (nSPS) is 11.3. The van der Waals surface area contributed by atoms with Crippen LogP contribution in [0.25, 0.3) is 89.4 Å². The van der Waals surface area contributed by atoms with E-state index in [0.29, 0.717) is 17.5 Å². The molecule has 0 aliphatic carbocycles. The van der Waals surface area contributed by atoms with Crippen molar-refractivity contribution in [2.45, 2.75) is 13.8 Å². The molecule has 7 aromatic carbocycles. The Morgan fingerprint density at radius 3 is 1.42 bits per heavy atom. The van der Waals surface area contributed by atoms with Crippen molar-refractivity contribution in [1.82, 2.24) is 19.9 Å². The Kier molecular flexibility index (Phi) is 7.90. The minimum atomic E-state index is 0.623. The van der Waals surface area contributed by atoms with Crippen molar-refractivity contribution in [3.63, 3.8) is 0 Å². The van der Waals surface area contributed by atoms with Gasteiger partial charge in [-0.3, -0.25) is 0 Å². The molecule has 0 saturated heterocycles. The lowest BCUT2D eigenvalue weighted by molar-refractivity contribution is 1.07. The maximum Gasteiger partial charge on any atom is 0.164 e. The first-order valence-corrected chi connectivity index (χ1v) is 17.6. The van der Waals surface area contributed by atoms with Crippen molar-refractivity contribution in [2.75, 3.05) is 0 Å². The van der Waals surface area contributed by atoms with Gasteiger partial charge in [0.05, 0.1) is 11.2 Å². The molecule has 0 fully saturated rings. The predicted molar refractivity (Wildman–Crippen MR) is 215 cm³/mol. The standard InChI is InChI=1S/C48H34N4/c1-31-22-26-35(27-23-31)46-50-47(36-28-24-32(2)25-29-36)52-48(51-46)38-17-9-16-37(30-38)40-19-11-21-42-43-39(33-12-5-3-6-13-33)18-10-20-41(43)44(49-45(40)42)34-14-7-4-8-15-34/h3-30H,1-2H3. The zero-order valence-corrected chi connectivity index (χ0v) is 29.0. The molecule has 0 aliphatic heterocycles. The number of pyridine rings is 1. The van der Waals surface area contributed by atoms with Crippen LogP contribution in [0.1, 0.15) is 11.1 Å². The van der Waals surface area contributed by atoms with Gasteiger partial charge in [0.25, 0.3) is 0 Å². The fourth-order valence-electron chi connectivity index (χ4n) is 6.98. The van der Waals surface area contributed by atoms with Gasteiger partial charge in [-0.25, -0.2) is 19.9 Å². The molecule has 246 valence electrons. The largest absolute Gasteiger partial charge is 0.246 e. The third kappa shape index (κ3) is 5.80. The number of aromatic nitrogens is 4. The summed E-state index contributed by atoms with van der Waals surface area (Å²) in [6.07, 6.45) is 0. The second kappa shape index (κ2) is 13.2. The average Bonchev–Trinajstić information content (AvgIpc) is 3.21. The number of fused-ring (bicyclic) bond motifs is 3. The van der Waals surface area contributed by atoms with Gasteiger partial charge in [0.1, 0.15) is 0 Å². The Labute approximate surface area is 303 Å². The van der Waals surface area contributed by atoms with Gasteiger partial charge in [-0.2, -0.15) is 0 Å². The Bertz CT molecular complexity index is 2660. The van der Waals surface area contributed by atoms with Crippen LogP contribution in [0.3, 0.4) is 0 Å². The zero-order valence-electron chi connectivity index (χ0n) is 29.0. The number of rotatable bonds is 6. The van der Waals surface area contributed by atoms with E-state index in [9.17, 15) is 0 Å². The molecule has 9 aromatic rings. The summed E-state index contributed by atoms with van der Waals surface area (Å²) < 4.78 is 0. The van der Waals surface area contributed by atoms with Gasteiger partial charge in [-0.15, -0.1) is 0 Å². The molecule has 4 nitrogen and oxygen atoms in total. The summed E-state index contributed by atoms with van der Waals surface area (Å²) in [6.45, 7) is 4.17. The lowest BCUT2D eigenvalue weighted by Crippen LogP contribution is -2.00. The van der Waals surface area contributed by atoms with E-state index in [1.165, 1.54) is 27.6 Å². The van der Waals surface area contributed by atoms with Crippen LogP contribution in [0, 0.1) is 13.8 Å². The fraction of sp³-hybridized carbons (Fsp3) is 0.0417. The number of benzene rings is 7. The van der Waals surface area contributed by atoms with E-state index < -0.39 is 0 Å². The van der Waals surface area contributed by atoms with Crippen LogP contribution < -0.4 is 0 Å². The molecule has 4 heteroatoms. The van der Waals surface area contributed by atoms with Crippen LogP contribution in [-0.4, -0.2) is 19.9 Å². The number of hydrogen-bond acceptors (Lipinski definition) is 4. The van der Waals surface area contributed by atoms with Crippen LogP contribution >= 0.6 is 0 Å². The molecule has 0 N–H and O–H groups in total. The molecule has 2 heterocycles. The molecule has 0 unspecified atom stereocenters. The van der Waals surface area contributed by atoms with Crippen LogP contribution in [0.2, 0.25) is 0 Å². The van der Waals surface area contributed by atoms with Crippen LogP contribution in [0.4, 0.5) is 0 Å². The smallest absolute Gasteiger partial charge is 0.164 e. The highest BCUT2D eigenvalue weighted by Gasteiger charge is 2.18. The van der Waals surface area contributed by atoms with E-state index in [1.807, 2.05) is 0 Å². The molecule has 0 spiro atoms. The van der Waals surface area contributed by atoms with E-state index >= 15 is 0 Å². The Hall–Kier alpha value is -6.78. The molecule has 0 bridgehead atoms. The number of nitrogens with zero attached hydrogens (tertiary/aromatic N) is 4. The molecular formula is C48H34N4. The summed E-state index contributed by atoms with van der Waals surface area (Å²) in [6, 6.07) is 59.3. The van der Waals surface area contributed by atoms with E-state index in [4.69, 9.17) is 19.9 Å². The first-order chi connectivity index (χ1) is 25.6. The SMILES string of the molecule is Cc1ccc(-c2nc(-c3ccc(C)cc3)nc(-c3cccc(-c4cccc5c4nc(-c4ccccc4)c4cccc(-c6ccccc6)c45)c3)n2)cc1. The highest BCUT2D eigenvalue weighted by atomic mass is 15.0. The molecule has 0 atom stereocenters. The van der Waals surface area contributed by atoms with E-state index in [0.717, 1.165) is 55.4 Å². The average molecular weight is 667 g/mol. The van der Waals surface area contributed by atoms with Crippen LogP contribution in [0.15, 0.2) is 170 Å². The zero-order chi connectivity index (χ0) is 35.0. The quantitative estimate of drug-likeness (QED) is 0.166. The highest BCUT2D eigenvalue weighted by Crippen LogP contribution is 2.41. The molecule has 0 amide bonds. The van der Waals surface area contributed by atoms with E-state index in [1.54, 1.807) is 0 Å². The molecule has 9 rings (SSSR count). The summed E-state index contributed by atoms with van der Waals surface area (Å²) >= 11 is 0. The molecule has 52 heavy (non-hydrogen) atoms. The van der Waals surface area contributed by atoms with Crippen molar-refractivity contribution in [1.29, 1.82) is 0 Å². The van der Waals surface area contributed by atoms with E-state index in [2.05, 4.69) is 184 Å². The number of aryl methyl sites for hydroxylation is 2. The topological polar surface area (TPSA) is 51.6 Å². The maximum atomic E-state index is 5.47. The molecular weight excluding hydrogens is 633 g/mol. The molecule has 2 aromatic heterocycles. The van der Waals surface area contributed by atoms with E-state index in [-0.39, 0.29) is 0 Å². The lowest BCUT2D eigenvalue weighted by atomic mass is 9.91. The summed E-state index contributed by atoms with van der Waals surface area (Å²) in [5, 5.41) is 3.43. The minimum Gasteiger partial charge on any atom is -0.246 e. The Morgan fingerprint density at radius 2 is 0.808 bits per heavy atom. The van der Waals surface area contributed by atoms with Crippen molar-refractivity contribution < 1.29 is 0 Å². The Balaban J connectivity index is 1.26. The summed E-state index contributed by atoms with van der Waals surface area (Å²) in [5.74, 6) is 1.91. The third-order valence-electron chi connectivity index (χ3n) is 9.67. The van der Waals surface area contributed by atoms with Crippen molar-refractivity contribution >= 4 is 21.7 Å². The van der Waals surface area contributed by atoms with Gasteiger partial charge >= 0.3 is 0 Å². The highest BCUT2D eigenvalue weighted by molar-refractivity contribution is 6.19.